The van der Waals surface area contributed by atoms with Gasteiger partial charge in [-0.1, -0.05) is 38.1 Å². The van der Waals surface area contributed by atoms with Gasteiger partial charge in [-0.2, -0.15) is 0 Å². The molecule has 19 heavy (non-hydrogen) atoms. The first-order chi connectivity index (χ1) is 9.13. The molecule has 0 aromatic heterocycles. The van der Waals surface area contributed by atoms with Gasteiger partial charge in [-0.25, -0.2) is 0 Å². The summed E-state index contributed by atoms with van der Waals surface area (Å²) in [4.78, 5) is 2.70. The maximum Gasteiger partial charge on any atom is 0.0365 e. The average molecular weight is 278 g/mol. The van der Waals surface area contributed by atoms with E-state index in [9.17, 15) is 0 Å². The van der Waals surface area contributed by atoms with Gasteiger partial charge >= 0.3 is 0 Å². The molecule has 2 atom stereocenters. The van der Waals surface area contributed by atoms with Crippen LogP contribution in [-0.4, -0.2) is 22.4 Å². The molecule has 2 heterocycles. The number of benzene rings is 1. The molecule has 2 aliphatic rings. The van der Waals surface area contributed by atoms with Gasteiger partial charge < -0.3 is 0 Å². The van der Waals surface area contributed by atoms with Gasteiger partial charge in [-0.05, 0) is 42.7 Å². The Hall–Kier alpha value is -0.530. The molecule has 1 aromatic rings. The van der Waals surface area contributed by atoms with Crippen LogP contribution in [0.4, 0.5) is 0 Å². The number of piperidine rings is 1. The van der Waals surface area contributed by atoms with Gasteiger partial charge in [0.2, 0.25) is 0 Å². The van der Waals surface area contributed by atoms with Crippen LogP contribution in [-0.2, 0) is 6.54 Å². The van der Waals surface area contributed by atoms with Crippen molar-refractivity contribution >= 4 is 11.6 Å². The highest BCUT2D eigenvalue weighted by molar-refractivity contribution is 6.20. The number of alkyl halides is 1. The Bertz CT molecular complexity index is 411. The second-order valence-corrected chi connectivity index (χ2v) is 7.14. The van der Waals surface area contributed by atoms with E-state index in [0.29, 0.717) is 11.3 Å². The minimum Gasteiger partial charge on any atom is -0.293 e. The lowest BCUT2D eigenvalue weighted by molar-refractivity contribution is 0.134. The second-order valence-electron chi connectivity index (χ2n) is 6.52. The highest BCUT2D eigenvalue weighted by atomic mass is 35.5. The van der Waals surface area contributed by atoms with Crippen LogP contribution in [0.15, 0.2) is 24.3 Å². The Morgan fingerprint density at radius 1 is 1.11 bits per heavy atom. The van der Waals surface area contributed by atoms with Gasteiger partial charge in [-0.3, -0.25) is 4.90 Å². The van der Waals surface area contributed by atoms with Crippen molar-refractivity contribution in [3.8, 4) is 0 Å². The van der Waals surface area contributed by atoms with E-state index in [4.69, 9.17) is 11.6 Å². The van der Waals surface area contributed by atoms with E-state index in [1.807, 2.05) is 0 Å². The Morgan fingerprint density at radius 3 is 2.21 bits per heavy atom. The third-order valence-corrected chi connectivity index (χ3v) is 5.19. The smallest absolute Gasteiger partial charge is 0.0365 e. The summed E-state index contributed by atoms with van der Waals surface area (Å²) in [5.74, 6) is 0.622. The molecule has 2 saturated heterocycles. The number of fused-ring (bicyclic) bond motifs is 2. The quantitative estimate of drug-likeness (QED) is 0.733. The summed E-state index contributed by atoms with van der Waals surface area (Å²) in [5, 5.41) is 0.414. The monoisotopic (exact) mass is 277 g/mol. The van der Waals surface area contributed by atoms with Crippen LogP contribution >= 0.6 is 11.6 Å². The van der Waals surface area contributed by atoms with Crippen molar-refractivity contribution in [2.75, 3.05) is 0 Å². The number of halogens is 1. The van der Waals surface area contributed by atoms with E-state index in [2.05, 4.69) is 43.0 Å². The number of nitrogens with zero attached hydrogens (tertiary/aromatic N) is 1. The van der Waals surface area contributed by atoms with Gasteiger partial charge in [-0.15, -0.1) is 11.6 Å². The van der Waals surface area contributed by atoms with Crippen LogP contribution in [0.1, 0.15) is 56.6 Å². The maximum absolute atomic E-state index is 6.34. The molecule has 1 aromatic carbocycles. The van der Waals surface area contributed by atoms with E-state index in [1.165, 1.54) is 36.8 Å². The van der Waals surface area contributed by atoms with Crippen LogP contribution < -0.4 is 0 Å². The molecule has 0 radical (unpaired) electrons. The average Bonchev–Trinajstić information content (AvgIpc) is 2.62. The molecule has 0 N–H and O–H groups in total. The van der Waals surface area contributed by atoms with Crippen molar-refractivity contribution in [3.63, 3.8) is 0 Å². The second kappa shape index (κ2) is 5.46. The standard InChI is InChI=1S/C17H24ClN/c1-12(2)14-5-3-13(4-6-14)11-19-16-7-8-17(19)10-15(18)9-16/h3-6,12,15-17H,7-11H2,1-2H3. The van der Waals surface area contributed by atoms with Gasteiger partial charge in [0, 0.05) is 24.0 Å². The summed E-state index contributed by atoms with van der Waals surface area (Å²) in [6.45, 7) is 5.61. The van der Waals surface area contributed by atoms with Crippen LogP contribution in [0.3, 0.4) is 0 Å². The van der Waals surface area contributed by atoms with Crippen molar-refractivity contribution in [2.45, 2.75) is 69.5 Å². The molecule has 2 unspecified atom stereocenters. The molecule has 0 saturated carbocycles. The first-order valence-corrected chi connectivity index (χ1v) is 8.06. The molecule has 0 aliphatic carbocycles. The summed E-state index contributed by atoms with van der Waals surface area (Å²) < 4.78 is 0. The highest BCUT2D eigenvalue weighted by Crippen LogP contribution is 2.38. The lowest BCUT2D eigenvalue weighted by Gasteiger charge is -2.37. The Balaban J connectivity index is 1.68. The molecule has 2 aliphatic heterocycles. The topological polar surface area (TPSA) is 3.24 Å². The SMILES string of the molecule is CC(C)c1ccc(CN2C3CCC2CC(Cl)C3)cc1. The van der Waals surface area contributed by atoms with Crippen LogP contribution in [0, 0.1) is 0 Å². The van der Waals surface area contributed by atoms with E-state index in [-0.39, 0.29) is 0 Å². The first-order valence-electron chi connectivity index (χ1n) is 7.62. The van der Waals surface area contributed by atoms with Crippen LogP contribution in [0.2, 0.25) is 0 Å². The normalized spacial score (nSPS) is 31.1. The Kier molecular flexibility index (Phi) is 3.86. The molecular formula is C17H24ClN. The Morgan fingerprint density at radius 2 is 1.68 bits per heavy atom. The minimum absolute atomic E-state index is 0.414. The molecule has 3 rings (SSSR count). The van der Waals surface area contributed by atoms with Gasteiger partial charge in [0.15, 0.2) is 0 Å². The molecular weight excluding hydrogens is 254 g/mol. The summed E-state index contributed by atoms with van der Waals surface area (Å²) in [6, 6.07) is 10.6. The van der Waals surface area contributed by atoms with Crippen molar-refractivity contribution in [1.29, 1.82) is 0 Å². The summed E-state index contributed by atoms with van der Waals surface area (Å²) in [6.07, 6.45) is 5.06. The number of hydrogen-bond acceptors (Lipinski definition) is 1. The molecule has 2 fully saturated rings. The summed E-state index contributed by atoms with van der Waals surface area (Å²) in [5.41, 5.74) is 2.89. The van der Waals surface area contributed by atoms with E-state index >= 15 is 0 Å². The fourth-order valence-electron chi connectivity index (χ4n) is 3.68. The summed E-state index contributed by atoms with van der Waals surface area (Å²) in [7, 11) is 0. The predicted molar refractivity (Wildman–Crippen MR) is 81.8 cm³/mol. The van der Waals surface area contributed by atoms with Crippen LogP contribution in [0.25, 0.3) is 0 Å². The minimum atomic E-state index is 0.414. The van der Waals surface area contributed by atoms with Crippen molar-refractivity contribution in [2.24, 2.45) is 0 Å². The molecule has 104 valence electrons. The number of rotatable bonds is 3. The highest BCUT2D eigenvalue weighted by Gasteiger charge is 2.39. The lowest BCUT2D eigenvalue weighted by Crippen LogP contribution is -2.42. The molecule has 2 heteroatoms. The maximum atomic E-state index is 6.34. The van der Waals surface area contributed by atoms with Gasteiger partial charge in [0.05, 0.1) is 0 Å². The molecule has 1 nitrogen and oxygen atoms in total. The van der Waals surface area contributed by atoms with Crippen molar-refractivity contribution in [3.05, 3.63) is 35.4 Å². The molecule has 0 spiro atoms. The molecule has 0 amide bonds. The fourth-order valence-corrected chi connectivity index (χ4v) is 4.10. The van der Waals surface area contributed by atoms with E-state index in [1.54, 1.807) is 0 Å². The van der Waals surface area contributed by atoms with Gasteiger partial charge in [0.1, 0.15) is 0 Å². The predicted octanol–water partition coefficient (Wildman–Crippen LogP) is 4.54. The third-order valence-electron chi connectivity index (χ3n) is 4.84. The first kappa shape index (κ1) is 13.5. The fraction of sp³-hybridized carbons (Fsp3) is 0.647. The third kappa shape index (κ3) is 2.83. The lowest BCUT2D eigenvalue weighted by atomic mass is 9.99. The zero-order valence-electron chi connectivity index (χ0n) is 12.0. The number of hydrogen-bond donors (Lipinski definition) is 0. The van der Waals surface area contributed by atoms with E-state index in [0.717, 1.165) is 18.6 Å². The van der Waals surface area contributed by atoms with E-state index < -0.39 is 0 Å². The van der Waals surface area contributed by atoms with Gasteiger partial charge in [0.25, 0.3) is 0 Å². The van der Waals surface area contributed by atoms with Crippen molar-refractivity contribution < 1.29 is 0 Å². The molecule has 2 bridgehead atoms. The van der Waals surface area contributed by atoms with Crippen LogP contribution in [0.5, 0.6) is 0 Å². The summed E-state index contributed by atoms with van der Waals surface area (Å²) >= 11 is 6.34. The van der Waals surface area contributed by atoms with Crippen molar-refractivity contribution in [1.82, 2.24) is 4.90 Å². The zero-order chi connectivity index (χ0) is 13.4. The Labute approximate surface area is 121 Å². The largest absolute Gasteiger partial charge is 0.293 e. The zero-order valence-corrected chi connectivity index (χ0v) is 12.7.